The molecule has 0 saturated heterocycles. The third-order valence-corrected chi connectivity index (χ3v) is 13.6. The van der Waals surface area contributed by atoms with Crippen molar-refractivity contribution >= 4 is 35.7 Å². The van der Waals surface area contributed by atoms with Crippen LogP contribution >= 0.6 is 0 Å². The van der Waals surface area contributed by atoms with Gasteiger partial charge in [-0.25, -0.2) is 9.36 Å². The zero-order chi connectivity index (χ0) is 31.5. The van der Waals surface area contributed by atoms with Gasteiger partial charge < -0.3 is 9.16 Å². The quantitative estimate of drug-likeness (QED) is 0.163. The highest BCUT2D eigenvalue weighted by atomic mass is 28.4. The normalized spacial score (nSPS) is 15.8. The van der Waals surface area contributed by atoms with Crippen molar-refractivity contribution in [1.82, 2.24) is 9.47 Å². The molecular weight excluding hydrogens is 561 g/mol. The molecule has 5 nitrogen and oxygen atoms in total. The van der Waals surface area contributed by atoms with Gasteiger partial charge in [0, 0.05) is 18.5 Å². The molecule has 4 aromatic rings. The fourth-order valence-electron chi connectivity index (χ4n) is 6.80. The minimum Gasteiger partial charge on any atom is -0.443 e. The van der Waals surface area contributed by atoms with Crippen LogP contribution < -0.4 is 10.4 Å². The first-order valence-electron chi connectivity index (χ1n) is 15.7. The minimum atomic E-state index is -2.72. The van der Waals surface area contributed by atoms with Crippen LogP contribution in [0.2, 0.25) is 5.04 Å². The van der Waals surface area contributed by atoms with E-state index in [1.54, 1.807) is 0 Å². The van der Waals surface area contributed by atoms with Gasteiger partial charge in [-0.3, -0.25) is 4.90 Å². The van der Waals surface area contributed by atoms with Crippen molar-refractivity contribution in [2.75, 3.05) is 19.7 Å². The van der Waals surface area contributed by atoms with Crippen molar-refractivity contribution in [2.24, 2.45) is 0 Å². The molecule has 0 saturated carbocycles. The van der Waals surface area contributed by atoms with Gasteiger partial charge in [-0.1, -0.05) is 106 Å². The minimum absolute atomic E-state index is 0.0577. The van der Waals surface area contributed by atoms with Gasteiger partial charge in [-0.2, -0.15) is 0 Å². The lowest BCUT2D eigenvalue weighted by atomic mass is 9.95. The molecule has 1 aliphatic heterocycles. The molecule has 2 heterocycles. The molecule has 0 spiro atoms. The lowest BCUT2D eigenvalue weighted by Crippen LogP contribution is -2.66. The molecule has 0 unspecified atom stereocenters. The average Bonchev–Trinajstić information content (AvgIpc) is 3.33. The number of nitrogens with zero attached hydrogens (tertiary/aromatic N) is 2. The Labute approximate surface area is 264 Å². The average molecular weight is 607 g/mol. The van der Waals surface area contributed by atoms with Crippen LogP contribution in [-0.2, 0) is 15.6 Å². The van der Waals surface area contributed by atoms with Crippen LogP contribution in [0.4, 0.5) is 4.79 Å². The number of rotatable bonds is 7. The number of carbonyl (C=O) groups is 1. The Bertz CT molecular complexity index is 1610. The zero-order valence-corrected chi connectivity index (χ0v) is 28.3. The molecule has 44 heavy (non-hydrogen) atoms. The van der Waals surface area contributed by atoms with Crippen molar-refractivity contribution in [2.45, 2.75) is 78.0 Å². The fourth-order valence-corrected chi connectivity index (χ4v) is 11.4. The Morgan fingerprint density at radius 1 is 0.886 bits per heavy atom. The molecule has 0 N–H and O–H groups in total. The first-order chi connectivity index (χ1) is 21.0. The Hall–Kier alpha value is -3.63. The molecule has 0 bridgehead atoms. The molecule has 0 radical (unpaired) electrons. The second-order valence-electron chi connectivity index (χ2n) is 13.7. The molecule has 0 fully saturated rings. The highest BCUT2D eigenvalue weighted by Crippen LogP contribution is 2.41. The summed E-state index contributed by atoms with van der Waals surface area (Å²) in [5, 5.41) is 3.53. The number of para-hydroxylation sites is 1. The van der Waals surface area contributed by atoms with E-state index in [2.05, 4.69) is 110 Å². The molecule has 5 rings (SSSR count). The van der Waals surface area contributed by atoms with Crippen LogP contribution in [0.3, 0.4) is 0 Å². The Morgan fingerprint density at radius 3 is 2.05 bits per heavy atom. The first-order valence-corrected chi connectivity index (χ1v) is 17.6. The number of hydrogen-bond acceptors (Lipinski definition) is 4. The maximum Gasteiger partial charge on any atom is 0.419 e. The Morgan fingerprint density at radius 2 is 1.48 bits per heavy atom. The van der Waals surface area contributed by atoms with Gasteiger partial charge in [0.05, 0.1) is 23.8 Å². The number of fused-ring (bicyclic) bond motifs is 3. The second-order valence-corrected chi connectivity index (χ2v) is 18.0. The van der Waals surface area contributed by atoms with Gasteiger partial charge in [0.1, 0.15) is 5.60 Å². The molecule has 1 aliphatic rings. The van der Waals surface area contributed by atoms with Crippen molar-refractivity contribution in [3.05, 3.63) is 96.2 Å². The van der Waals surface area contributed by atoms with E-state index in [1.165, 1.54) is 15.9 Å². The van der Waals surface area contributed by atoms with Gasteiger partial charge in [0.25, 0.3) is 8.32 Å². The van der Waals surface area contributed by atoms with Crippen LogP contribution in [0.1, 0.15) is 72.2 Å². The lowest BCUT2D eigenvalue weighted by molar-refractivity contribution is 0.0524. The van der Waals surface area contributed by atoms with Gasteiger partial charge in [-0.05, 0) is 67.6 Å². The van der Waals surface area contributed by atoms with E-state index >= 15 is 0 Å². The fraction of sp³-hybridized carbons (Fsp3) is 0.395. The Balaban J connectivity index is 1.60. The number of carbonyl (C=O) groups excluding carboxylic acids is 1. The number of ether oxygens (including phenoxy) is 1. The summed E-state index contributed by atoms with van der Waals surface area (Å²) < 4.78 is 15.2. The molecule has 6 heteroatoms. The lowest BCUT2D eigenvalue weighted by Gasteiger charge is -2.44. The van der Waals surface area contributed by atoms with E-state index in [0.29, 0.717) is 13.2 Å². The van der Waals surface area contributed by atoms with Crippen molar-refractivity contribution in [1.29, 1.82) is 0 Å². The van der Waals surface area contributed by atoms with Crippen LogP contribution in [-0.4, -0.2) is 49.2 Å². The van der Waals surface area contributed by atoms with Crippen molar-refractivity contribution in [3.8, 4) is 11.8 Å². The zero-order valence-electron chi connectivity index (χ0n) is 27.3. The van der Waals surface area contributed by atoms with Gasteiger partial charge in [-0.15, -0.1) is 5.92 Å². The molecule has 3 aromatic carbocycles. The summed E-state index contributed by atoms with van der Waals surface area (Å²) in [5.41, 5.74) is 2.52. The highest BCUT2D eigenvalue weighted by molar-refractivity contribution is 6.99. The molecule has 0 aliphatic carbocycles. The topological polar surface area (TPSA) is 43.7 Å². The molecule has 1 atom stereocenters. The second kappa shape index (κ2) is 12.8. The van der Waals surface area contributed by atoms with E-state index in [9.17, 15) is 4.79 Å². The van der Waals surface area contributed by atoms with E-state index in [1.807, 2.05) is 44.4 Å². The van der Waals surface area contributed by atoms with E-state index in [4.69, 9.17) is 9.16 Å². The third-order valence-electron chi connectivity index (χ3n) is 8.59. The SMILES string of the molecule is CC#CCN1CCc2c(n(C(=O)OC(C)(C)C)c3ccccc23)[C@@H]1CCO[Si](c1ccccc1)(c1ccccc1)C(C)(C)C. The van der Waals surface area contributed by atoms with Crippen molar-refractivity contribution < 1.29 is 14.0 Å². The van der Waals surface area contributed by atoms with Crippen LogP contribution in [0, 0.1) is 11.8 Å². The smallest absolute Gasteiger partial charge is 0.419 e. The van der Waals surface area contributed by atoms with Crippen LogP contribution in [0.25, 0.3) is 10.9 Å². The van der Waals surface area contributed by atoms with Crippen molar-refractivity contribution in [3.63, 3.8) is 0 Å². The summed E-state index contributed by atoms with van der Waals surface area (Å²) in [6.07, 6.45) is 1.24. The summed E-state index contributed by atoms with van der Waals surface area (Å²) >= 11 is 0. The van der Waals surface area contributed by atoms with Crippen LogP contribution in [0.5, 0.6) is 0 Å². The van der Waals surface area contributed by atoms with Crippen LogP contribution in [0.15, 0.2) is 84.9 Å². The van der Waals surface area contributed by atoms with Gasteiger partial charge in [0.15, 0.2) is 0 Å². The van der Waals surface area contributed by atoms with E-state index < -0.39 is 13.9 Å². The van der Waals surface area contributed by atoms with E-state index in [0.717, 1.165) is 36.0 Å². The number of aromatic nitrogens is 1. The summed E-state index contributed by atoms with van der Waals surface area (Å²) in [6.45, 7) is 16.6. The number of benzene rings is 3. The van der Waals surface area contributed by atoms with E-state index in [-0.39, 0.29) is 17.2 Å². The summed E-state index contributed by atoms with van der Waals surface area (Å²) in [4.78, 5) is 16.3. The maximum absolute atomic E-state index is 13.9. The molecule has 1 aromatic heterocycles. The summed E-state index contributed by atoms with van der Waals surface area (Å²) in [6, 6.07) is 29.7. The Kier molecular flexibility index (Phi) is 9.22. The highest BCUT2D eigenvalue weighted by Gasteiger charge is 2.50. The molecule has 230 valence electrons. The van der Waals surface area contributed by atoms with Gasteiger partial charge >= 0.3 is 6.09 Å². The predicted molar refractivity (Wildman–Crippen MR) is 183 cm³/mol. The first kappa shape index (κ1) is 31.8. The maximum atomic E-state index is 13.9. The predicted octanol–water partition coefficient (Wildman–Crippen LogP) is 7.31. The third kappa shape index (κ3) is 6.15. The summed E-state index contributed by atoms with van der Waals surface area (Å²) in [7, 11) is -2.72. The molecular formula is C38H46N2O3Si. The number of hydrogen-bond donors (Lipinski definition) is 0. The standard InChI is InChI=1S/C38H46N2O3Si/c1-8-9-26-39-27-24-32-31-22-16-17-23-33(31)40(36(41)43-37(2,3)4)35(32)34(39)25-28-42-44(38(5,6)7,29-18-12-10-13-19-29)30-20-14-11-15-21-30/h10-23,34H,24-28H2,1-7H3/t34-/m0/s1. The summed E-state index contributed by atoms with van der Waals surface area (Å²) in [5.74, 6) is 6.38. The largest absolute Gasteiger partial charge is 0.443 e. The monoisotopic (exact) mass is 606 g/mol. The van der Waals surface area contributed by atoms with Gasteiger partial charge in [0.2, 0.25) is 0 Å². The molecule has 0 amide bonds.